The lowest BCUT2D eigenvalue weighted by molar-refractivity contribution is 0.0762. The molecule has 0 aliphatic carbocycles. The average Bonchev–Trinajstić information content (AvgIpc) is 2.93. The van der Waals surface area contributed by atoms with Crippen LogP contribution in [0, 0.1) is 0 Å². The molecule has 4 rings (SSSR count). The number of carbonyl (C=O) groups excluding carboxylic acids is 2. The minimum absolute atomic E-state index is 0.126. The standard InChI is InChI=1S/C22H23ClN4O4/c23-17-7-2-1-6-16(17)20(28)25-11-5-12-26(15-14-25)21(29)24-10-13-27-18-8-3-4-9-19(18)31-22(27)30/h1-4,6-9H,5,10-15H2,(H,24,29). The molecule has 0 spiro atoms. The summed E-state index contributed by atoms with van der Waals surface area (Å²) >= 11 is 6.15. The molecule has 0 saturated carbocycles. The van der Waals surface area contributed by atoms with E-state index in [0.29, 0.717) is 67.4 Å². The van der Waals surface area contributed by atoms with E-state index in [-0.39, 0.29) is 11.9 Å². The first-order valence-corrected chi connectivity index (χ1v) is 10.6. The van der Waals surface area contributed by atoms with Gasteiger partial charge in [0.15, 0.2) is 5.58 Å². The van der Waals surface area contributed by atoms with Crippen LogP contribution in [0.2, 0.25) is 5.02 Å². The zero-order chi connectivity index (χ0) is 21.8. The number of halogens is 1. The van der Waals surface area contributed by atoms with Crippen molar-refractivity contribution in [1.29, 1.82) is 0 Å². The van der Waals surface area contributed by atoms with E-state index in [1.54, 1.807) is 52.3 Å². The number of para-hydroxylation sites is 2. The van der Waals surface area contributed by atoms with E-state index in [1.807, 2.05) is 6.07 Å². The summed E-state index contributed by atoms with van der Waals surface area (Å²) in [5.41, 5.74) is 1.69. The van der Waals surface area contributed by atoms with Crippen LogP contribution in [0.25, 0.3) is 11.1 Å². The third-order valence-corrected chi connectivity index (χ3v) is 5.69. The molecule has 1 aromatic heterocycles. The van der Waals surface area contributed by atoms with Gasteiger partial charge in [0.1, 0.15) is 0 Å². The molecular formula is C22H23ClN4O4. The van der Waals surface area contributed by atoms with Crippen LogP contribution in [0.4, 0.5) is 4.79 Å². The molecule has 0 radical (unpaired) electrons. The maximum absolute atomic E-state index is 12.8. The fourth-order valence-corrected chi connectivity index (χ4v) is 3.96. The molecule has 2 aromatic carbocycles. The highest BCUT2D eigenvalue weighted by molar-refractivity contribution is 6.33. The average molecular weight is 443 g/mol. The van der Waals surface area contributed by atoms with Gasteiger partial charge in [-0.15, -0.1) is 0 Å². The number of aromatic nitrogens is 1. The van der Waals surface area contributed by atoms with Crippen LogP contribution in [0.1, 0.15) is 16.8 Å². The van der Waals surface area contributed by atoms with Crippen molar-refractivity contribution in [3.63, 3.8) is 0 Å². The van der Waals surface area contributed by atoms with Crippen molar-refractivity contribution in [3.8, 4) is 0 Å². The Labute approximate surface area is 184 Å². The molecule has 1 fully saturated rings. The van der Waals surface area contributed by atoms with E-state index in [9.17, 15) is 14.4 Å². The Balaban J connectivity index is 1.31. The van der Waals surface area contributed by atoms with Crippen molar-refractivity contribution in [2.75, 3.05) is 32.7 Å². The van der Waals surface area contributed by atoms with Crippen LogP contribution in [-0.2, 0) is 6.54 Å². The van der Waals surface area contributed by atoms with Gasteiger partial charge in [0.2, 0.25) is 0 Å². The van der Waals surface area contributed by atoms with Crippen molar-refractivity contribution in [2.45, 2.75) is 13.0 Å². The lowest BCUT2D eigenvalue weighted by Crippen LogP contribution is -2.43. The molecule has 1 saturated heterocycles. The van der Waals surface area contributed by atoms with Gasteiger partial charge in [-0.05, 0) is 30.7 Å². The van der Waals surface area contributed by atoms with Crippen molar-refractivity contribution in [2.24, 2.45) is 0 Å². The van der Waals surface area contributed by atoms with Crippen LogP contribution >= 0.6 is 11.6 Å². The molecule has 162 valence electrons. The Morgan fingerprint density at radius 3 is 2.52 bits per heavy atom. The van der Waals surface area contributed by atoms with Crippen LogP contribution in [0.5, 0.6) is 0 Å². The van der Waals surface area contributed by atoms with Crippen molar-refractivity contribution >= 4 is 34.6 Å². The Hall–Kier alpha value is -3.26. The highest BCUT2D eigenvalue weighted by atomic mass is 35.5. The molecule has 8 nitrogen and oxygen atoms in total. The fraction of sp³-hybridized carbons (Fsp3) is 0.318. The second-order valence-electron chi connectivity index (χ2n) is 7.33. The number of amides is 3. The Morgan fingerprint density at radius 1 is 0.968 bits per heavy atom. The first kappa shape index (κ1) is 21.0. The number of oxazole rings is 1. The SMILES string of the molecule is O=C(NCCn1c(=O)oc2ccccc21)N1CCCN(C(=O)c2ccccc2Cl)CC1. The minimum atomic E-state index is -0.445. The van der Waals surface area contributed by atoms with Gasteiger partial charge in [-0.3, -0.25) is 9.36 Å². The van der Waals surface area contributed by atoms with Gasteiger partial charge in [0.05, 0.1) is 16.1 Å². The zero-order valence-electron chi connectivity index (χ0n) is 16.9. The number of rotatable bonds is 4. The summed E-state index contributed by atoms with van der Waals surface area (Å²) in [7, 11) is 0. The van der Waals surface area contributed by atoms with Gasteiger partial charge in [0.25, 0.3) is 5.91 Å². The van der Waals surface area contributed by atoms with Gasteiger partial charge in [-0.2, -0.15) is 0 Å². The monoisotopic (exact) mass is 442 g/mol. The van der Waals surface area contributed by atoms with E-state index in [0.717, 1.165) is 0 Å². The number of urea groups is 1. The molecule has 0 unspecified atom stereocenters. The predicted molar refractivity (Wildman–Crippen MR) is 117 cm³/mol. The summed E-state index contributed by atoms with van der Waals surface area (Å²) in [5, 5.41) is 3.28. The van der Waals surface area contributed by atoms with E-state index >= 15 is 0 Å². The van der Waals surface area contributed by atoms with Gasteiger partial charge < -0.3 is 19.5 Å². The first-order valence-electron chi connectivity index (χ1n) is 10.2. The van der Waals surface area contributed by atoms with E-state index < -0.39 is 5.76 Å². The maximum atomic E-state index is 12.8. The lowest BCUT2D eigenvalue weighted by Gasteiger charge is -2.23. The molecule has 1 aliphatic rings. The third kappa shape index (κ3) is 4.59. The first-order chi connectivity index (χ1) is 15.0. The normalized spacial score (nSPS) is 14.5. The minimum Gasteiger partial charge on any atom is -0.408 e. The number of carbonyl (C=O) groups is 2. The molecule has 1 N–H and O–H groups in total. The van der Waals surface area contributed by atoms with E-state index in [4.69, 9.17) is 16.0 Å². The maximum Gasteiger partial charge on any atom is 0.420 e. The van der Waals surface area contributed by atoms with Gasteiger partial charge in [0, 0.05) is 39.3 Å². The van der Waals surface area contributed by atoms with Crippen molar-refractivity contribution < 1.29 is 14.0 Å². The van der Waals surface area contributed by atoms with Gasteiger partial charge in [-0.25, -0.2) is 9.59 Å². The highest BCUT2D eigenvalue weighted by Crippen LogP contribution is 2.18. The molecule has 3 aromatic rings. The van der Waals surface area contributed by atoms with Crippen LogP contribution < -0.4 is 11.1 Å². The Morgan fingerprint density at radius 2 is 1.68 bits per heavy atom. The second kappa shape index (κ2) is 9.26. The summed E-state index contributed by atoms with van der Waals surface area (Å²) in [5.74, 6) is -0.571. The molecular weight excluding hydrogens is 420 g/mol. The highest BCUT2D eigenvalue weighted by Gasteiger charge is 2.23. The second-order valence-corrected chi connectivity index (χ2v) is 7.74. The number of benzene rings is 2. The van der Waals surface area contributed by atoms with Crippen LogP contribution in [0.15, 0.2) is 57.7 Å². The smallest absolute Gasteiger partial charge is 0.408 e. The quantitative estimate of drug-likeness (QED) is 0.673. The number of nitrogens with zero attached hydrogens (tertiary/aromatic N) is 3. The molecule has 2 heterocycles. The van der Waals surface area contributed by atoms with E-state index in [1.165, 1.54) is 4.57 Å². The number of hydrogen-bond acceptors (Lipinski definition) is 4. The number of nitrogens with one attached hydrogen (secondary N) is 1. The lowest BCUT2D eigenvalue weighted by atomic mass is 10.2. The van der Waals surface area contributed by atoms with Crippen LogP contribution in [-0.4, -0.2) is 59.0 Å². The van der Waals surface area contributed by atoms with Gasteiger partial charge in [-0.1, -0.05) is 35.9 Å². The summed E-state index contributed by atoms with van der Waals surface area (Å²) in [6.45, 7) is 2.57. The summed E-state index contributed by atoms with van der Waals surface area (Å²) < 4.78 is 6.71. The third-order valence-electron chi connectivity index (χ3n) is 5.36. The summed E-state index contributed by atoms with van der Waals surface area (Å²) in [4.78, 5) is 40.8. The summed E-state index contributed by atoms with van der Waals surface area (Å²) in [6.07, 6.45) is 0.676. The molecule has 0 bridgehead atoms. The molecule has 31 heavy (non-hydrogen) atoms. The Kier molecular flexibility index (Phi) is 6.27. The fourth-order valence-electron chi connectivity index (χ4n) is 3.74. The predicted octanol–water partition coefficient (Wildman–Crippen LogP) is 2.81. The molecule has 9 heteroatoms. The van der Waals surface area contributed by atoms with Crippen molar-refractivity contribution in [1.82, 2.24) is 19.7 Å². The summed E-state index contributed by atoms with van der Waals surface area (Å²) in [6, 6.07) is 13.9. The van der Waals surface area contributed by atoms with E-state index in [2.05, 4.69) is 5.32 Å². The van der Waals surface area contributed by atoms with Gasteiger partial charge >= 0.3 is 11.8 Å². The molecule has 1 aliphatic heterocycles. The van der Waals surface area contributed by atoms with Crippen molar-refractivity contribution in [3.05, 3.63) is 69.7 Å². The zero-order valence-corrected chi connectivity index (χ0v) is 17.7. The number of fused-ring (bicyclic) bond motifs is 1. The largest absolute Gasteiger partial charge is 0.420 e. The Bertz CT molecular complexity index is 1160. The number of hydrogen-bond donors (Lipinski definition) is 1. The van der Waals surface area contributed by atoms with Crippen LogP contribution in [0.3, 0.4) is 0 Å². The topological polar surface area (TPSA) is 87.8 Å². The molecule has 3 amide bonds. The molecule has 0 atom stereocenters.